The molecule has 1 heterocycles. The van der Waals surface area contributed by atoms with E-state index in [-0.39, 0.29) is 4.65 Å². The van der Waals surface area contributed by atoms with Crippen molar-refractivity contribution in [3.63, 3.8) is 0 Å². The van der Waals surface area contributed by atoms with Crippen LogP contribution in [0.4, 0.5) is 0 Å². The summed E-state index contributed by atoms with van der Waals surface area (Å²) in [6, 6.07) is 0.904. The number of fused-ring (bicyclic) bond motifs is 2. The zero-order valence-electron chi connectivity index (χ0n) is 10.5. The monoisotopic (exact) mass is 223 g/mol. The lowest BCUT2D eigenvalue weighted by atomic mass is 9.68. The SMILES string of the molecule is C[N+]1([O-])[C@@H]2CCCC[C@@H]2C[C@H]2CCCC[C@@H]21. The first-order chi connectivity index (χ1) is 7.69. The van der Waals surface area contributed by atoms with Crippen molar-refractivity contribution in [3.05, 3.63) is 5.21 Å². The third-order valence-electron chi connectivity index (χ3n) is 5.66. The molecule has 3 rings (SSSR count). The molecule has 1 unspecified atom stereocenters. The van der Waals surface area contributed by atoms with E-state index in [0.29, 0.717) is 12.1 Å². The van der Waals surface area contributed by atoms with Crippen LogP contribution < -0.4 is 0 Å². The fourth-order valence-electron chi connectivity index (χ4n) is 4.91. The van der Waals surface area contributed by atoms with Crippen LogP contribution in [0.15, 0.2) is 0 Å². The Morgan fingerprint density at radius 3 is 1.75 bits per heavy atom. The van der Waals surface area contributed by atoms with Gasteiger partial charge in [-0.3, -0.25) is 0 Å². The Balaban J connectivity index is 1.85. The number of rotatable bonds is 0. The largest absolute Gasteiger partial charge is 0.633 e. The highest BCUT2D eigenvalue weighted by Crippen LogP contribution is 2.48. The lowest BCUT2D eigenvalue weighted by Gasteiger charge is -2.61. The molecule has 1 saturated heterocycles. The third kappa shape index (κ3) is 1.62. The molecule has 92 valence electrons. The fourth-order valence-corrected chi connectivity index (χ4v) is 4.91. The van der Waals surface area contributed by atoms with Crippen molar-refractivity contribution in [1.82, 2.24) is 0 Å². The van der Waals surface area contributed by atoms with Crippen LogP contribution in [-0.2, 0) is 0 Å². The highest BCUT2D eigenvalue weighted by molar-refractivity contribution is 4.90. The van der Waals surface area contributed by atoms with Crippen LogP contribution in [0.25, 0.3) is 0 Å². The quantitative estimate of drug-likeness (QED) is 0.455. The van der Waals surface area contributed by atoms with E-state index in [2.05, 4.69) is 0 Å². The number of piperidine rings is 1. The van der Waals surface area contributed by atoms with Crippen molar-refractivity contribution in [2.24, 2.45) is 11.8 Å². The number of hydrogen-bond donors (Lipinski definition) is 0. The van der Waals surface area contributed by atoms with Gasteiger partial charge in [-0.05, 0) is 44.9 Å². The summed E-state index contributed by atoms with van der Waals surface area (Å²) in [5, 5.41) is 13.0. The molecule has 3 fully saturated rings. The van der Waals surface area contributed by atoms with E-state index in [9.17, 15) is 5.21 Å². The van der Waals surface area contributed by atoms with Crippen LogP contribution in [0.3, 0.4) is 0 Å². The molecule has 1 aliphatic heterocycles. The smallest absolute Gasteiger partial charge is 0.0916 e. The van der Waals surface area contributed by atoms with Gasteiger partial charge in [-0.2, -0.15) is 0 Å². The minimum atomic E-state index is 0.120. The molecule has 0 spiro atoms. The predicted molar refractivity (Wildman–Crippen MR) is 65.7 cm³/mol. The molecule has 0 aromatic rings. The van der Waals surface area contributed by atoms with Gasteiger partial charge in [0.05, 0.1) is 19.1 Å². The molecule has 0 amide bonds. The average molecular weight is 223 g/mol. The summed E-state index contributed by atoms with van der Waals surface area (Å²) in [6.45, 7) is 0. The molecule has 0 bridgehead atoms. The van der Waals surface area contributed by atoms with Crippen molar-refractivity contribution >= 4 is 0 Å². The second kappa shape index (κ2) is 3.99. The molecular weight excluding hydrogens is 198 g/mol. The van der Waals surface area contributed by atoms with Crippen molar-refractivity contribution in [2.45, 2.75) is 69.9 Å². The van der Waals surface area contributed by atoms with E-state index in [0.717, 1.165) is 11.8 Å². The Morgan fingerprint density at radius 1 is 0.812 bits per heavy atom. The minimum Gasteiger partial charge on any atom is -0.633 e. The molecule has 2 heteroatoms. The van der Waals surface area contributed by atoms with Crippen molar-refractivity contribution in [1.29, 1.82) is 0 Å². The molecule has 16 heavy (non-hydrogen) atoms. The fraction of sp³-hybridized carbons (Fsp3) is 1.00. The lowest BCUT2D eigenvalue weighted by molar-refractivity contribution is -0.927. The number of hydroxylamine groups is 3. The predicted octanol–water partition coefficient (Wildman–Crippen LogP) is 3.45. The summed E-state index contributed by atoms with van der Waals surface area (Å²) in [4.78, 5) is 0. The maximum absolute atomic E-state index is 13.0. The highest BCUT2D eigenvalue weighted by Gasteiger charge is 2.49. The second-order valence-corrected chi connectivity index (χ2v) is 6.52. The van der Waals surface area contributed by atoms with Crippen molar-refractivity contribution in [2.75, 3.05) is 7.05 Å². The Kier molecular flexibility index (Phi) is 2.75. The van der Waals surface area contributed by atoms with Crippen LogP contribution in [0.5, 0.6) is 0 Å². The summed E-state index contributed by atoms with van der Waals surface area (Å²) in [5.41, 5.74) is 0. The van der Waals surface area contributed by atoms with E-state index in [1.54, 1.807) is 0 Å². The zero-order valence-corrected chi connectivity index (χ0v) is 10.5. The third-order valence-corrected chi connectivity index (χ3v) is 5.66. The van der Waals surface area contributed by atoms with Crippen molar-refractivity contribution in [3.8, 4) is 0 Å². The van der Waals surface area contributed by atoms with Gasteiger partial charge in [0.2, 0.25) is 0 Å². The van der Waals surface area contributed by atoms with Gasteiger partial charge in [0.15, 0.2) is 0 Å². The molecular formula is C14H25NO. The van der Waals surface area contributed by atoms with Crippen LogP contribution in [0.2, 0.25) is 0 Å². The van der Waals surface area contributed by atoms with Gasteiger partial charge in [0.25, 0.3) is 0 Å². The number of quaternary nitrogens is 1. The molecule has 0 aromatic carbocycles. The summed E-state index contributed by atoms with van der Waals surface area (Å²) >= 11 is 0. The van der Waals surface area contributed by atoms with Gasteiger partial charge in [-0.15, -0.1) is 0 Å². The van der Waals surface area contributed by atoms with Gasteiger partial charge < -0.3 is 9.85 Å². The van der Waals surface area contributed by atoms with E-state index < -0.39 is 0 Å². The van der Waals surface area contributed by atoms with Gasteiger partial charge in [-0.25, -0.2) is 0 Å². The van der Waals surface area contributed by atoms with E-state index in [4.69, 9.17) is 0 Å². The highest BCUT2D eigenvalue weighted by atomic mass is 16.5. The first-order valence-electron chi connectivity index (χ1n) is 7.26. The Morgan fingerprint density at radius 2 is 1.25 bits per heavy atom. The Hall–Kier alpha value is -0.0800. The van der Waals surface area contributed by atoms with Gasteiger partial charge in [0.1, 0.15) is 0 Å². The standard InChI is InChI=1S/C14H25NO/c1-15(16)13-8-4-2-6-11(13)10-12-7-3-5-9-14(12)15/h11-14H,2-10H2,1H3/t11-,12-,13-,14+,15?/m1/s1. The van der Waals surface area contributed by atoms with Crippen LogP contribution >= 0.6 is 0 Å². The van der Waals surface area contributed by atoms with Crippen LogP contribution in [-0.4, -0.2) is 23.8 Å². The Labute approximate surface area is 99.2 Å². The number of hydrogen-bond acceptors (Lipinski definition) is 1. The van der Waals surface area contributed by atoms with E-state index >= 15 is 0 Å². The summed E-state index contributed by atoms with van der Waals surface area (Å²) in [5.74, 6) is 1.52. The maximum atomic E-state index is 13.0. The molecule has 2 saturated carbocycles. The lowest BCUT2D eigenvalue weighted by Crippen LogP contribution is -2.64. The van der Waals surface area contributed by atoms with Gasteiger partial charge in [-0.1, -0.05) is 12.8 Å². The molecule has 5 atom stereocenters. The van der Waals surface area contributed by atoms with E-state index in [1.807, 2.05) is 7.05 Å². The van der Waals surface area contributed by atoms with E-state index in [1.165, 1.54) is 57.8 Å². The summed E-state index contributed by atoms with van der Waals surface area (Å²) in [6.07, 6.45) is 11.8. The normalized spacial score (nSPS) is 52.9. The molecule has 2 aliphatic carbocycles. The number of likely N-dealkylation sites (tertiary alicyclic amines) is 1. The molecule has 0 aromatic heterocycles. The molecule has 3 aliphatic rings. The number of nitrogens with zero attached hydrogens (tertiary/aromatic N) is 1. The maximum Gasteiger partial charge on any atom is 0.0916 e. The summed E-state index contributed by atoms with van der Waals surface area (Å²) in [7, 11) is 1.99. The van der Waals surface area contributed by atoms with Crippen LogP contribution in [0.1, 0.15) is 57.8 Å². The van der Waals surface area contributed by atoms with Crippen molar-refractivity contribution < 1.29 is 4.65 Å². The first-order valence-corrected chi connectivity index (χ1v) is 7.26. The van der Waals surface area contributed by atoms with Gasteiger partial charge >= 0.3 is 0 Å². The van der Waals surface area contributed by atoms with Crippen LogP contribution in [0, 0.1) is 17.0 Å². The minimum absolute atomic E-state index is 0.120. The Bertz CT molecular complexity index is 239. The molecule has 0 N–H and O–H groups in total. The average Bonchev–Trinajstić information content (AvgIpc) is 2.29. The molecule has 2 nitrogen and oxygen atoms in total. The molecule has 0 radical (unpaired) electrons. The first kappa shape index (κ1) is 11.0. The zero-order chi connectivity index (χ0) is 11.2. The summed E-state index contributed by atoms with van der Waals surface area (Å²) < 4.78 is 0.120. The second-order valence-electron chi connectivity index (χ2n) is 6.52. The topological polar surface area (TPSA) is 23.1 Å². The van der Waals surface area contributed by atoms with Gasteiger partial charge in [0, 0.05) is 11.8 Å².